The molecule has 2 heterocycles. The molecule has 2 aromatic heterocycles. The highest BCUT2D eigenvalue weighted by Crippen LogP contribution is 2.50. The first-order valence-electron chi connectivity index (χ1n) is 21.9. The van der Waals surface area contributed by atoms with Gasteiger partial charge in [0.2, 0.25) is 0 Å². The molecule has 0 N–H and O–H groups in total. The fourth-order valence-corrected chi connectivity index (χ4v) is 10.6. The van der Waals surface area contributed by atoms with E-state index in [-0.39, 0.29) is 5.92 Å². The molecule has 10 aromatic carbocycles. The van der Waals surface area contributed by atoms with Crippen LogP contribution in [0.5, 0.6) is 0 Å². The third-order valence-electron chi connectivity index (χ3n) is 13.4. The second kappa shape index (κ2) is 14.2. The summed E-state index contributed by atoms with van der Waals surface area (Å²) >= 11 is 0. The predicted octanol–water partition coefficient (Wildman–Crippen LogP) is 16.0. The third-order valence-corrected chi connectivity index (χ3v) is 13.4. The Balaban J connectivity index is 1.04. The molecule has 13 rings (SSSR count). The predicted molar refractivity (Wildman–Crippen MR) is 264 cm³/mol. The number of hydrogen-bond donors (Lipinski definition) is 0. The van der Waals surface area contributed by atoms with Crippen LogP contribution < -0.4 is 0 Å². The highest BCUT2D eigenvalue weighted by Gasteiger charge is 2.30. The molecule has 0 radical (unpaired) electrons. The monoisotopic (exact) mass is 800 g/mol. The van der Waals surface area contributed by atoms with Crippen molar-refractivity contribution in [2.45, 2.75) is 5.92 Å². The van der Waals surface area contributed by atoms with Crippen molar-refractivity contribution in [1.29, 1.82) is 0 Å². The molecule has 0 bridgehead atoms. The first-order valence-corrected chi connectivity index (χ1v) is 21.9. The second-order valence-electron chi connectivity index (χ2n) is 16.8. The molecule has 0 saturated carbocycles. The topological polar surface area (TPSA) is 9.86 Å². The molecular formula is C61H40N2. The lowest BCUT2D eigenvalue weighted by atomic mass is 9.87. The van der Waals surface area contributed by atoms with E-state index in [0.29, 0.717) is 0 Å². The van der Waals surface area contributed by atoms with Crippen LogP contribution in [-0.4, -0.2) is 9.13 Å². The summed E-state index contributed by atoms with van der Waals surface area (Å²) in [5.41, 5.74) is 21.1. The quantitative estimate of drug-likeness (QED) is 0.159. The van der Waals surface area contributed by atoms with Crippen LogP contribution in [0, 0.1) is 0 Å². The van der Waals surface area contributed by atoms with Gasteiger partial charge in [-0.15, -0.1) is 0 Å². The van der Waals surface area contributed by atoms with Gasteiger partial charge in [0.1, 0.15) is 0 Å². The molecule has 1 atom stereocenters. The molecule has 0 spiro atoms. The van der Waals surface area contributed by atoms with Gasteiger partial charge in [-0.1, -0.05) is 182 Å². The van der Waals surface area contributed by atoms with Crippen molar-refractivity contribution in [3.8, 4) is 55.9 Å². The fraction of sp³-hybridized carbons (Fsp3) is 0.0164. The number of hydrogen-bond acceptors (Lipinski definition) is 0. The number of rotatable bonds is 6. The van der Waals surface area contributed by atoms with Crippen LogP contribution in [0.3, 0.4) is 0 Å². The molecule has 12 aromatic rings. The molecule has 2 heteroatoms. The number of aromatic nitrogens is 2. The number of nitrogens with zero attached hydrogens (tertiary/aromatic N) is 2. The summed E-state index contributed by atoms with van der Waals surface area (Å²) in [6.07, 6.45) is 0. The Morgan fingerprint density at radius 2 is 0.857 bits per heavy atom. The molecule has 0 aliphatic heterocycles. The minimum Gasteiger partial charge on any atom is -0.309 e. The molecule has 63 heavy (non-hydrogen) atoms. The third kappa shape index (κ3) is 5.58. The molecule has 0 saturated heterocycles. The average molecular weight is 801 g/mol. The summed E-state index contributed by atoms with van der Waals surface area (Å²) in [7, 11) is 0. The van der Waals surface area contributed by atoms with Crippen molar-refractivity contribution >= 4 is 43.6 Å². The van der Waals surface area contributed by atoms with Gasteiger partial charge in [-0.2, -0.15) is 0 Å². The van der Waals surface area contributed by atoms with Gasteiger partial charge in [0.05, 0.1) is 22.1 Å². The van der Waals surface area contributed by atoms with Crippen LogP contribution >= 0.6 is 0 Å². The minimum absolute atomic E-state index is 0.161. The van der Waals surface area contributed by atoms with E-state index in [0.717, 1.165) is 11.4 Å². The summed E-state index contributed by atoms with van der Waals surface area (Å²) in [6, 6.07) is 87.2. The zero-order chi connectivity index (χ0) is 41.4. The zero-order valence-corrected chi connectivity index (χ0v) is 34.5. The first kappa shape index (κ1) is 35.5. The Morgan fingerprint density at radius 1 is 0.286 bits per heavy atom. The minimum atomic E-state index is 0.161. The highest BCUT2D eigenvalue weighted by atomic mass is 15.0. The summed E-state index contributed by atoms with van der Waals surface area (Å²) in [5.74, 6) is 0.161. The Bertz CT molecular complexity index is 3720. The average Bonchev–Trinajstić information content (AvgIpc) is 4.00. The summed E-state index contributed by atoms with van der Waals surface area (Å²) < 4.78 is 4.95. The molecule has 0 fully saturated rings. The van der Waals surface area contributed by atoms with Crippen LogP contribution in [0.1, 0.15) is 22.6 Å². The molecule has 1 aliphatic rings. The Kier molecular flexibility index (Phi) is 8.01. The van der Waals surface area contributed by atoms with Gasteiger partial charge in [-0.3, -0.25) is 0 Å². The van der Waals surface area contributed by atoms with E-state index < -0.39 is 0 Å². The standard InChI is InChI=1S/C61H40N2/c1-4-16-40(17-5-1)42-20-14-22-46(36-42)59-51-28-11-10-26-49(51)54-38-44(30-32-52(54)59)45-31-34-57-55(39-45)60-58(62(57)48-25-15-21-43(37-48)41-18-6-2-7-19-41)35-33-53-50-27-12-13-29-56(50)63(61(53)60)47-23-8-3-9-24-47/h1-39,59H. The van der Waals surface area contributed by atoms with E-state index in [1.165, 1.54) is 105 Å². The van der Waals surface area contributed by atoms with Gasteiger partial charge in [-0.25, -0.2) is 0 Å². The first-order chi connectivity index (χ1) is 31.3. The van der Waals surface area contributed by atoms with E-state index in [4.69, 9.17) is 0 Å². The van der Waals surface area contributed by atoms with Crippen molar-refractivity contribution in [3.63, 3.8) is 0 Å². The van der Waals surface area contributed by atoms with E-state index in [2.05, 4.69) is 246 Å². The van der Waals surface area contributed by atoms with E-state index in [1.54, 1.807) is 0 Å². The Hall–Kier alpha value is -8.20. The lowest BCUT2D eigenvalue weighted by Gasteiger charge is -2.16. The molecule has 0 amide bonds. The van der Waals surface area contributed by atoms with Crippen LogP contribution in [-0.2, 0) is 0 Å². The summed E-state index contributed by atoms with van der Waals surface area (Å²) in [4.78, 5) is 0. The van der Waals surface area contributed by atoms with Crippen molar-refractivity contribution in [2.24, 2.45) is 0 Å². The molecule has 1 unspecified atom stereocenters. The second-order valence-corrected chi connectivity index (χ2v) is 16.8. The normalized spacial score (nSPS) is 13.2. The van der Waals surface area contributed by atoms with Crippen molar-refractivity contribution in [3.05, 3.63) is 253 Å². The number of fused-ring (bicyclic) bond motifs is 10. The highest BCUT2D eigenvalue weighted by molar-refractivity contribution is 6.26. The largest absolute Gasteiger partial charge is 0.309 e. The smallest absolute Gasteiger partial charge is 0.0641 e. The van der Waals surface area contributed by atoms with Crippen molar-refractivity contribution in [2.75, 3.05) is 0 Å². The van der Waals surface area contributed by atoms with Gasteiger partial charge in [0.25, 0.3) is 0 Å². The van der Waals surface area contributed by atoms with E-state index >= 15 is 0 Å². The lowest BCUT2D eigenvalue weighted by molar-refractivity contribution is 1.02. The summed E-state index contributed by atoms with van der Waals surface area (Å²) in [6.45, 7) is 0. The summed E-state index contributed by atoms with van der Waals surface area (Å²) in [5, 5.41) is 4.98. The van der Waals surface area contributed by atoms with Crippen molar-refractivity contribution < 1.29 is 0 Å². The molecule has 2 nitrogen and oxygen atoms in total. The van der Waals surface area contributed by atoms with E-state index in [1.807, 2.05) is 0 Å². The number of para-hydroxylation sites is 2. The molecule has 1 aliphatic carbocycles. The maximum absolute atomic E-state index is 2.48. The lowest BCUT2D eigenvalue weighted by Crippen LogP contribution is -1.99. The van der Waals surface area contributed by atoms with Crippen molar-refractivity contribution in [1.82, 2.24) is 9.13 Å². The van der Waals surface area contributed by atoms with Crippen LogP contribution in [0.15, 0.2) is 237 Å². The number of benzene rings is 10. The SMILES string of the molecule is c1ccc(-c2cccc(C3c4ccccc4-c4cc(-c5ccc6c(c5)c5c(ccc7c8ccccc8n(-c8ccccc8)c75)n6-c5cccc(-c6ccccc6)c5)ccc43)c2)cc1. The van der Waals surface area contributed by atoms with Crippen LogP contribution in [0.25, 0.3) is 99.5 Å². The Labute approximate surface area is 366 Å². The fourth-order valence-electron chi connectivity index (χ4n) is 10.6. The Morgan fingerprint density at radius 3 is 1.67 bits per heavy atom. The van der Waals surface area contributed by atoms with Gasteiger partial charge < -0.3 is 9.13 Å². The molecular weight excluding hydrogens is 761 g/mol. The van der Waals surface area contributed by atoms with Gasteiger partial charge in [-0.05, 0) is 116 Å². The van der Waals surface area contributed by atoms with Crippen LogP contribution in [0.2, 0.25) is 0 Å². The van der Waals surface area contributed by atoms with Crippen LogP contribution in [0.4, 0.5) is 0 Å². The van der Waals surface area contributed by atoms with Gasteiger partial charge >= 0.3 is 0 Å². The maximum Gasteiger partial charge on any atom is 0.0641 e. The maximum atomic E-state index is 2.48. The molecule has 294 valence electrons. The zero-order valence-electron chi connectivity index (χ0n) is 34.5. The van der Waals surface area contributed by atoms with Gasteiger partial charge in [0, 0.05) is 38.8 Å². The van der Waals surface area contributed by atoms with E-state index in [9.17, 15) is 0 Å². The van der Waals surface area contributed by atoms with Gasteiger partial charge in [0.15, 0.2) is 0 Å².